The number of hydrogen-bond acceptors (Lipinski definition) is 3. The fraction of sp³-hybridized carbons (Fsp3) is 0.571. The molecular formula is C14H17ClN2O. The average Bonchev–Trinajstić information content (AvgIpc) is 2.37. The van der Waals surface area contributed by atoms with Crippen molar-refractivity contribution in [2.24, 2.45) is 5.92 Å². The van der Waals surface area contributed by atoms with Gasteiger partial charge in [0, 0.05) is 11.8 Å². The average molecular weight is 265 g/mol. The van der Waals surface area contributed by atoms with E-state index in [0.717, 1.165) is 31.8 Å². The number of aromatic nitrogens is 1. The second-order valence-electron chi connectivity index (χ2n) is 5.37. The topological polar surface area (TPSA) is 33.2 Å². The van der Waals surface area contributed by atoms with E-state index in [2.05, 4.69) is 16.8 Å². The quantitative estimate of drug-likeness (QED) is 0.622. The van der Waals surface area contributed by atoms with Crippen molar-refractivity contribution in [1.29, 1.82) is 0 Å². The molecule has 0 N–H and O–H groups in total. The van der Waals surface area contributed by atoms with E-state index in [1.165, 1.54) is 6.42 Å². The number of fused-ring (bicyclic) bond motifs is 2. The molecule has 96 valence electrons. The van der Waals surface area contributed by atoms with Crippen molar-refractivity contribution < 1.29 is 4.79 Å². The smallest absolute Gasteiger partial charge is 0.184 e. The van der Waals surface area contributed by atoms with Crippen LogP contribution in [-0.2, 0) is 0 Å². The van der Waals surface area contributed by atoms with Gasteiger partial charge in [-0.25, -0.2) is 4.98 Å². The molecule has 1 aliphatic carbocycles. The van der Waals surface area contributed by atoms with E-state index in [1.54, 1.807) is 18.3 Å². The van der Waals surface area contributed by atoms with E-state index in [1.807, 2.05) is 0 Å². The monoisotopic (exact) mass is 264 g/mol. The second kappa shape index (κ2) is 4.32. The Morgan fingerprint density at radius 3 is 2.94 bits per heavy atom. The summed E-state index contributed by atoms with van der Waals surface area (Å²) in [5.74, 6) is 0.974. The number of hydrogen-bond donors (Lipinski definition) is 0. The molecule has 0 amide bonds. The molecule has 3 fully saturated rings. The fourth-order valence-electron chi connectivity index (χ4n) is 3.48. The summed E-state index contributed by atoms with van der Waals surface area (Å²) in [6.07, 6.45) is 4.88. The molecule has 3 heterocycles. The van der Waals surface area contributed by atoms with Crippen LogP contribution >= 0.6 is 11.6 Å². The van der Waals surface area contributed by atoms with Crippen molar-refractivity contribution in [3.05, 3.63) is 29.0 Å². The molecule has 0 aromatic carbocycles. The van der Waals surface area contributed by atoms with Crippen LogP contribution in [0.2, 0.25) is 5.15 Å². The summed E-state index contributed by atoms with van der Waals surface area (Å²) in [5.41, 5.74) is 0.450. The molecule has 1 aromatic heterocycles. The first kappa shape index (κ1) is 12.1. The Morgan fingerprint density at radius 1 is 1.56 bits per heavy atom. The standard InChI is InChI=1S/C14H17ClN2O/c1-2-17-6-5-10-7-14(17,8-10)13(18)11-3-4-12(15)16-9-11/h3-4,9-10H,2,5-8H2,1H3. The maximum Gasteiger partial charge on any atom is 0.184 e. The van der Waals surface area contributed by atoms with E-state index >= 15 is 0 Å². The number of rotatable bonds is 3. The molecule has 4 heteroatoms. The van der Waals surface area contributed by atoms with E-state index in [4.69, 9.17) is 11.6 Å². The van der Waals surface area contributed by atoms with Gasteiger partial charge >= 0.3 is 0 Å². The van der Waals surface area contributed by atoms with Crippen molar-refractivity contribution in [1.82, 2.24) is 9.88 Å². The number of piperidine rings is 2. The summed E-state index contributed by atoms with van der Waals surface area (Å²) in [5, 5.41) is 0.437. The molecule has 1 saturated carbocycles. The fourth-order valence-corrected chi connectivity index (χ4v) is 3.59. The van der Waals surface area contributed by atoms with Crippen molar-refractivity contribution in [2.75, 3.05) is 13.1 Å². The van der Waals surface area contributed by atoms with Crippen molar-refractivity contribution >= 4 is 17.4 Å². The first-order valence-electron chi connectivity index (χ1n) is 6.57. The summed E-state index contributed by atoms with van der Waals surface area (Å²) >= 11 is 5.77. The molecule has 3 nitrogen and oxygen atoms in total. The largest absolute Gasteiger partial charge is 0.292 e. The molecule has 0 atom stereocenters. The lowest BCUT2D eigenvalue weighted by atomic mass is 9.60. The predicted molar refractivity (Wildman–Crippen MR) is 70.9 cm³/mol. The summed E-state index contributed by atoms with van der Waals surface area (Å²) < 4.78 is 0. The Labute approximate surface area is 112 Å². The number of ketones is 1. The molecule has 0 radical (unpaired) electrons. The molecular weight excluding hydrogens is 248 g/mol. The number of likely N-dealkylation sites (N-methyl/N-ethyl adjacent to an activating group) is 1. The maximum atomic E-state index is 12.7. The van der Waals surface area contributed by atoms with Crippen LogP contribution in [0.15, 0.2) is 18.3 Å². The van der Waals surface area contributed by atoms with Gasteiger partial charge in [-0.05, 0) is 50.4 Å². The number of pyridine rings is 1. The first-order valence-corrected chi connectivity index (χ1v) is 6.95. The third kappa shape index (κ3) is 1.69. The van der Waals surface area contributed by atoms with Crippen LogP contribution < -0.4 is 0 Å². The van der Waals surface area contributed by atoms with E-state index < -0.39 is 0 Å². The van der Waals surface area contributed by atoms with E-state index in [9.17, 15) is 4.79 Å². The van der Waals surface area contributed by atoms with Crippen LogP contribution in [0.5, 0.6) is 0 Å². The SMILES string of the molecule is CCN1CCC2CC1(C(=O)c1ccc(Cl)nc1)C2. The van der Waals surface area contributed by atoms with E-state index in [0.29, 0.717) is 10.7 Å². The Kier molecular flexibility index (Phi) is 2.91. The van der Waals surface area contributed by atoms with Crippen molar-refractivity contribution in [3.63, 3.8) is 0 Å². The third-order valence-corrected chi connectivity index (χ3v) is 4.68. The van der Waals surface area contributed by atoms with Gasteiger partial charge in [-0.1, -0.05) is 18.5 Å². The van der Waals surface area contributed by atoms with Crippen LogP contribution in [0.4, 0.5) is 0 Å². The lowest BCUT2D eigenvalue weighted by Crippen LogP contribution is -2.66. The van der Waals surface area contributed by atoms with Gasteiger partial charge in [0.05, 0.1) is 5.54 Å². The molecule has 3 aliphatic rings. The molecule has 0 unspecified atom stereocenters. The van der Waals surface area contributed by atoms with Crippen LogP contribution in [0, 0.1) is 5.92 Å². The van der Waals surface area contributed by atoms with Crippen LogP contribution in [0.1, 0.15) is 36.5 Å². The predicted octanol–water partition coefficient (Wildman–Crippen LogP) is 2.79. The number of Topliss-reactive ketones (excluding diaryl/α,β-unsaturated/α-hetero) is 1. The maximum absolute atomic E-state index is 12.7. The number of carbonyl (C=O) groups is 1. The zero-order valence-corrected chi connectivity index (χ0v) is 11.3. The first-order chi connectivity index (χ1) is 8.65. The van der Waals surface area contributed by atoms with Crippen LogP contribution in [-0.4, -0.2) is 34.3 Å². The highest BCUT2D eigenvalue weighted by atomic mass is 35.5. The summed E-state index contributed by atoms with van der Waals surface area (Å²) in [4.78, 5) is 19.1. The van der Waals surface area contributed by atoms with Crippen molar-refractivity contribution in [3.8, 4) is 0 Å². The highest BCUT2D eigenvalue weighted by Crippen LogP contribution is 2.50. The van der Waals surface area contributed by atoms with Gasteiger partial charge in [0.25, 0.3) is 0 Å². The molecule has 2 saturated heterocycles. The van der Waals surface area contributed by atoms with Gasteiger partial charge in [-0.2, -0.15) is 0 Å². The molecule has 18 heavy (non-hydrogen) atoms. The van der Waals surface area contributed by atoms with Gasteiger partial charge in [0.1, 0.15) is 5.15 Å². The van der Waals surface area contributed by atoms with Gasteiger partial charge in [-0.15, -0.1) is 0 Å². The molecule has 0 spiro atoms. The zero-order chi connectivity index (χ0) is 12.8. The highest BCUT2D eigenvalue weighted by Gasteiger charge is 2.56. The molecule has 4 rings (SSSR count). The summed E-state index contributed by atoms with van der Waals surface area (Å²) in [6, 6.07) is 3.49. The molecule has 1 aromatic rings. The second-order valence-corrected chi connectivity index (χ2v) is 5.76. The minimum Gasteiger partial charge on any atom is -0.292 e. The Hall–Kier alpha value is -0.930. The molecule has 2 bridgehead atoms. The third-order valence-electron chi connectivity index (χ3n) is 4.46. The highest BCUT2D eigenvalue weighted by molar-refractivity contribution is 6.29. The van der Waals surface area contributed by atoms with Gasteiger partial charge < -0.3 is 0 Å². The van der Waals surface area contributed by atoms with Gasteiger partial charge in [0.2, 0.25) is 0 Å². The Morgan fingerprint density at radius 2 is 2.33 bits per heavy atom. The minimum absolute atomic E-state index is 0.226. The van der Waals surface area contributed by atoms with Gasteiger partial charge in [-0.3, -0.25) is 9.69 Å². The Balaban J connectivity index is 1.89. The van der Waals surface area contributed by atoms with E-state index in [-0.39, 0.29) is 11.3 Å². The van der Waals surface area contributed by atoms with Gasteiger partial charge in [0.15, 0.2) is 5.78 Å². The van der Waals surface area contributed by atoms with Crippen LogP contribution in [0.25, 0.3) is 0 Å². The molecule has 2 aliphatic heterocycles. The number of carbonyl (C=O) groups excluding carboxylic acids is 1. The number of halogens is 1. The summed E-state index contributed by atoms with van der Waals surface area (Å²) in [7, 11) is 0. The lowest BCUT2D eigenvalue weighted by Gasteiger charge is -2.58. The zero-order valence-electron chi connectivity index (χ0n) is 10.5. The normalized spacial score (nSPS) is 30.9. The van der Waals surface area contributed by atoms with Crippen LogP contribution in [0.3, 0.4) is 0 Å². The minimum atomic E-state index is -0.243. The Bertz CT molecular complexity index is 465. The summed E-state index contributed by atoms with van der Waals surface area (Å²) in [6.45, 7) is 4.13. The lowest BCUT2D eigenvalue weighted by molar-refractivity contribution is -0.0508. The van der Waals surface area contributed by atoms with Crippen molar-refractivity contribution in [2.45, 2.75) is 31.7 Å². The number of nitrogens with zero attached hydrogens (tertiary/aromatic N) is 2.